The molecule has 0 unspecified atom stereocenters. The predicted molar refractivity (Wildman–Crippen MR) is 95.8 cm³/mol. The van der Waals surface area contributed by atoms with Crippen LogP contribution in [0.1, 0.15) is 34.3 Å². The Bertz CT molecular complexity index is 752. The summed E-state index contributed by atoms with van der Waals surface area (Å²) in [4.78, 5) is 15.0. The van der Waals surface area contributed by atoms with Gasteiger partial charge in [-0.05, 0) is 42.5 Å². The first-order chi connectivity index (χ1) is 12.3. The zero-order valence-electron chi connectivity index (χ0n) is 14.3. The summed E-state index contributed by atoms with van der Waals surface area (Å²) in [6.45, 7) is 2.72. The standard InChI is InChI=1S/C21H23NO3/c23-21(22-12-11-16-6-1-2-7-17(16)14-22)19-9-3-4-10-20(19)25-15-18-8-5-13-24-18/h1-4,6-7,9-10,18H,5,8,11-15H2/t18-/m1/s1. The van der Waals surface area contributed by atoms with Crippen LogP contribution in [-0.4, -0.2) is 36.7 Å². The highest BCUT2D eigenvalue weighted by atomic mass is 16.5. The molecule has 0 spiro atoms. The maximum atomic E-state index is 13.0. The van der Waals surface area contributed by atoms with Crippen molar-refractivity contribution in [1.29, 1.82) is 0 Å². The summed E-state index contributed by atoms with van der Waals surface area (Å²) < 4.78 is 11.5. The maximum absolute atomic E-state index is 13.0. The number of benzene rings is 2. The highest BCUT2D eigenvalue weighted by Gasteiger charge is 2.24. The number of rotatable bonds is 4. The summed E-state index contributed by atoms with van der Waals surface area (Å²) in [7, 11) is 0. The fourth-order valence-corrected chi connectivity index (χ4v) is 3.57. The van der Waals surface area contributed by atoms with E-state index in [0.717, 1.165) is 32.4 Å². The molecule has 0 radical (unpaired) electrons. The van der Waals surface area contributed by atoms with Gasteiger partial charge < -0.3 is 14.4 Å². The van der Waals surface area contributed by atoms with E-state index in [2.05, 4.69) is 18.2 Å². The van der Waals surface area contributed by atoms with E-state index in [1.165, 1.54) is 11.1 Å². The number of carbonyl (C=O) groups excluding carboxylic acids is 1. The topological polar surface area (TPSA) is 38.8 Å². The van der Waals surface area contributed by atoms with Gasteiger partial charge in [-0.2, -0.15) is 0 Å². The smallest absolute Gasteiger partial charge is 0.257 e. The molecule has 4 nitrogen and oxygen atoms in total. The second kappa shape index (κ2) is 7.28. The first-order valence-corrected chi connectivity index (χ1v) is 9.01. The molecule has 1 amide bonds. The Morgan fingerprint density at radius 1 is 1.12 bits per heavy atom. The number of hydrogen-bond acceptors (Lipinski definition) is 3. The Balaban J connectivity index is 1.48. The second-order valence-electron chi connectivity index (χ2n) is 6.69. The van der Waals surface area contributed by atoms with E-state index in [1.807, 2.05) is 35.2 Å². The fourth-order valence-electron chi connectivity index (χ4n) is 3.57. The van der Waals surface area contributed by atoms with Crippen LogP contribution in [0.4, 0.5) is 0 Å². The molecule has 4 rings (SSSR count). The van der Waals surface area contributed by atoms with Crippen molar-refractivity contribution in [3.8, 4) is 5.75 Å². The summed E-state index contributed by atoms with van der Waals surface area (Å²) >= 11 is 0. The van der Waals surface area contributed by atoms with E-state index in [0.29, 0.717) is 24.5 Å². The minimum Gasteiger partial charge on any atom is -0.490 e. The quantitative estimate of drug-likeness (QED) is 0.858. The average Bonchev–Trinajstić information content (AvgIpc) is 3.19. The maximum Gasteiger partial charge on any atom is 0.257 e. The van der Waals surface area contributed by atoms with Gasteiger partial charge in [0.05, 0.1) is 11.7 Å². The zero-order valence-corrected chi connectivity index (χ0v) is 14.3. The molecule has 1 saturated heterocycles. The van der Waals surface area contributed by atoms with Crippen LogP contribution in [0.2, 0.25) is 0 Å². The molecule has 0 saturated carbocycles. The first-order valence-electron chi connectivity index (χ1n) is 9.01. The third kappa shape index (κ3) is 3.54. The van der Waals surface area contributed by atoms with Crippen LogP contribution in [0.3, 0.4) is 0 Å². The molecule has 1 atom stereocenters. The number of carbonyl (C=O) groups is 1. The van der Waals surface area contributed by atoms with Crippen molar-refractivity contribution in [2.75, 3.05) is 19.8 Å². The lowest BCUT2D eigenvalue weighted by atomic mass is 9.99. The second-order valence-corrected chi connectivity index (χ2v) is 6.69. The minimum absolute atomic E-state index is 0.0393. The van der Waals surface area contributed by atoms with Crippen molar-refractivity contribution in [2.45, 2.75) is 31.9 Å². The molecule has 2 aromatic carbocycles. The SMILES string of the molecule is O=C(c1ccccc1OC[C@H]1CCCO1)N1CCc2ccccc2C1. The lowest BCUT2D eigenvalue weighted by Crippen LogP contribution is -2.36. The molecule has 0 bridgehead atoms. The lowest BCUT2D eigenvalue weighted by Gasteiger charge is -2.29. The van der Waals surface area contributed by atoms with Gasteiger partial charge in [0.2, 0.25) is 0 Å². The lowest BCUT2D eigenvalue weighted by molar-refractivity contribution is 0.0645. The number of para-hydroxylation sites is 1. The van der Waals surface area contributed by atoms with Gasteiger partial charge in [0, 0.05) is 19.7 Å². The van der Waals surface area contributed by atoms with Crippen LogP contribution >= 0.6 is 0 Å². The number of amides is 1. The van der Waals surface area contributed by atoms with E-state index in [-0.39, 0.29) is 12.0 Å². The number of ether oxygens (including phenoxy) is 2. The predicted octanol–water partition coefficient (Wildman–Crippen LogP) is 3.44. The number of nitrogens with zero attached hydrogens (tertiary/aromatic N) is 1. The number of hydrogen-bond donors (Lipinski definition) is 0. The third-order valence-corrected chi connectivity index (χ3v) is 4.98. The molecule has 2 heterocycles. The van der Waals surface area contributed by atoms with Gasteiger partial charge in [-0.15, -0.1) is 0 Å². The molecule has 0 aliphatic carbocycles. The van der Waals surface area contributed by atoms with Crippen molar-refractivity contribution in [3.05, 3.63) is 65.2 Å². The van der Waals surface area contributed by atoms with Crippen LogP contribution in [0.15, 0.2) is 48.5 Å². The van der Waals surface area contributed by atoms with Gasteiger partial charge in [0.15, 0.2) is 0 Å². The summed E-state index contributed by atoms with van der Waals surface area (Å²) in [6.07, 6.45) is 3.16. The van der Waals surface area contributed by atoms with E-state index in [4.69, 9.17) is 9.47 Å². The monoisotopic (exact) mass is 337 g/mol. The van der Waals surface area contributed by atoms with Crippen LogP contribution < -0.4 is 4.74 Å². The van der Waals surface area contributed by atoms with Crippen molar-refractivity contribution < 1.29 is 14.3 Å². The average molecular weight is 337 g/mol. The molecule has 130 valence electrons. The highest BCUT2D eigenvalue weighted by Crippen LogP contribution is 2.25. The van der Waals surface area contributed by atoms with Crippen LogP contribution in [0, 0.1) is 0 Å². The summed E-state index contributed by atoms with van der Waals surface area (Å²) in [6, 6.07) is 15.9. The van der Waals surface area contributed by atoms with Gasteiger partial charge in [-0.25, -0.2) is 0 Å². The normalized spacial score (nSPS) is 19.5. The first kappa shape index (κ1) is 16.2. The molecular formula is C21H23NO3. The Kier molecular flexibility index (Phi) is 4.70. The molecule has 4 heteroatoms. The molecular weight excluding hydrogens is 314 g/mol. The number of fused-ring (bicyclic) bond motifs is 1. The summed E-state index contributed by atoms with van der Waals surface area (Å²) in [5.41, 5.74) is 3.22. The van der Waals surface area contributed by atoms with E-state index in [9.17, 15) is 4.79 Å². The highest BCUT2D eigenvalue weighted by molar-refractivity contribution is 5.97. The molecule has 1 fully saturated rings. The molecule has 2 aliphatic heterocycles. The molecule has 25 heavy (non-hydrogen) atoms. The van der Waals surface area contributed by atoms with Crippen LogP contribution in [-0.2, 0) is 17.7 Å². The largest absolute Gasteiger partial charge is 0.490 e. The van der Waals surface area contributed by atoms with Gasteiger partial charge in [0.1, 0.15) is 12.4 Å². The van der Waals surface area contributed by atoms with Gasteiger partial charge in [-0.1, -0.05) is 36.4 Å². The Hall–Kier alpha value is -2.33. The zero-order chi connectivity index (χ0) is 17.1. The van der Waals surface area contributed by atoms with E-state index < -0.39 is 0 Å². The molecule has 2 aromatic rings. The third-order valence-electron chi connectivity index (χ3n) is 4.98. The Labute approximate surface area is 148 Å². The van der Waals surface area contributed by atoms with Gasteiger partial charge in [0.25, 0.3) is 5.91 Å². The Morgan fingerprint density at radius 2 is 1.92 bits per heavy atom. The van der Waals surface area contributed by atoms with E-state index >= 15 is 0 Å². The van der Waals surface area contributed by atoms with Crippen molar-refractivity contribution in [3.63, 3.8) is 0 Å². The van der Waals surface area contributed by atoms with Crippen LogP contribution in [0.25, 0.3) is 0 Å². The van der Waals surface area contributed by atoms with Crippen molar-refractivity contribution in [2.24, 2.45) is 0 Å². The molecule has 2 aliphatic rings. The molecule has 0 N–H and O–H groups in total. The Morgan fingerprint density at radius 3 is 2.76 bits per heavy atom. The van der Waals surface area contributed by atoms with Gasteiger partial charge in [-0.3, -0.25) is 4.79 Å². The molecule has 0 aromatic heterocycles. The van der Waals surface area contributed by atoms with Crippen LogP contribution in [0.5, 0.6) is 5.75 Å². The van der Waals surface area contributed by atoms with E-state index in [1.54, 1.807) is 0 Å². The fraction of sp³-hybridized carbons (Fsp3) is 0.381. The summed E-state index contributed by atoms with van der Waals surface area (Å²) in [5.74, 6) is 0.694. The van der Waals surface area contributed by atoms with Crippen molar-refractivity contribution >= 4 is 5.91 Å². The summed E-state index contributed by atoms with van der Waals surface area (Å²) in [5, 5.41) is 0. The van der Waals surface area contributed by atoms with Crippen molar-refractivity contribution in [1.82, 2.24) is 4.90 Å². The van der Waals surface area contributed by atoms with Gasteiger partial charge >= 0.3 is 0 Å². The minimum atomic E-state index is 0.0393.